The standard InChI is InChI=1S/C14H10Br2N2O5S/c15-10-4-9(18(21)22)5-11(16)14(10)17-12(19)6-23-13(20)3-8-1-2-24-7-8/h1-2,4-5,7H,3,6H2,(H,17,19). The van der Waals surface area contributed by atoms with Gasteiger partial charge in [0.15, 0.2) is 6.61 Å². The predicted molar refractivity (Wildman–Crippen MR) is 96.1 cm³/mol. The maximum Gasteiger partial charge on any atom is 0.310 e. The minimum atomic E-state index is -0.552. The summed E-state index contributed by atoms with van der Waals surface area (Å²) >= 11 is 7.79. The van der Waals surface area contributed by atoms with Gasteiger partial charge in [-0.1, -0.05) is 0 Å². The van der Waals surface area contributed by atoms with Crippen LogP contribution in [-0.2, 0) is 20.7 Å². The molecule has 2 rings (SSSR count). The van der Waals surface area contributed by atoms with Crippen molar-refractivity contribution in [1.82, 2.24) is 0 Å². The number of nitrogens with one attached hydrogen (secondary N) is 1. The zero-order chi connectivity index (χ0) is 17.7. The molecule has 1 aromatic heterocycles. The van der Waals surface area contributed by atoms with Crippen LogP contribution in [0.2, 0.25) is 0 Å². The van der Waals surface area contributed by atoms with Gasteiger partial charge in [0.1, 0.15) is 0 Å². The Kier molecular flexibility index (Phi) is 6.46. The van der Waals surface area contributed by atoms with Crippen LogP contribution in [0.3, 0.4) is 0 Å². The molecule has 0 aliphatic carbocycles. The van der Waals surface area contributed by atoms with E-state index in [0.29, 0.717) is 14.6 Å². The SMILES string of the molecule is O=C(COC(=O)Cc1ccsc1)Nc1c(Br)cc([N+](=O)[O-])cc1Br. The number of halogens is 2. The summed E-state index contributed by atoms with van der Waals surface area (Å²) in [5, 5.41) is 17.0. The van der Waals surface area contributed by atoms with Crippen molar-refractivity contribution in [2.24, 2.45) is 0 Å². The molecule has 0 aliphatic rings. The van der Waals surface area contributed by atoms with Gasteiger partial charge in [-0.25, -0.2) is 0 Å². The van der Waals surface area contributed by atoms with E-state index in [1.165, 1.54) is 23.5 Å². The number of rotatable bonds is 6. The number of hydrogen-bond donors (Lipinski definition) is 1. The number of benzene rings is 1. The first-order valence-electron chi connectivity index (χ1n) is 6.47. The van der Waals surface area contributed by atoms with E-state index in [1.807, 2.05) is 10.8 Å². The Bertz CT molecular complexity index is 756. The number of thiophene rings is 1. The van der Waals surface area contributed by atoms with Crippen LogP contribution in [0.15, 0.2) is 37.9 Å². The number of nitrogens with zero attached hydrogens (tertiary/aromatic N) is 1. The lowest BCUT2D eigenvalue weighted by atomic mass is 10.2. The van der Waals surface area contributed by atoms with Crippen molar-refractivity contribution in [3.05, 3.63) is 53.6 Å². The fraction of sp³-hybridized carbons (Fsp3) is 0.143. The van der Waals surface area contributed by atoms with E-state index in [1.54, 1.807) is 6.07 Å². The molecule has 1 heterocycles. The molecule has 1 N–H and O–H groups in total. The molecule has 0 bridgehead atoms. The van der Waals surface area contributed by atoms with Crippen LogP contribution in [0.1, 0.15) is 5.56 Å². The van der Waals surface area contributed by atoms with Gasteiger partial charge in [0, 0.05) is 21.1 Å². The number of nitro benzene ring substituents is 1. The summed E-state index contributed by atoms with van der Waals surface area (Å²) in [7, 11) is 0. The Morgan fingerprint density at radius 3 is 2.50 bits per heavy atom. The summed E-state index contributed by atoms with van der Waals surface area (Å²) in [5.41, 5.74) is 1.01. The van der Waals surface area contributed by atoms with Gasteiger partial charge in [0.25, 0.3) is 11.6 Å². The zero-order valence-corrected chi connectivity index (χ0v) is 15.9. The van der Waals surface area contributed by atoms with Crippen molar-refractivity contribution >= 4 is 66.4 Å². The minimum Gasteiger partial charge on any atom is -0.455 e. The maximum absolute atomic E-state index is 11.9. The lowest BCUT2D eigenvalue weighted by molar-refractivity contribution is -0.385. The topological polar surface area (TPSA) is 98.5 Å². The molecule has 0 saturated heterocycles. The third kappa shape index (κ3) is 5.11. The smallest absolute Gasteiger partial charge is 0.310 e. The van der Waals surface area contributed by atoms with E-state index in [2.05, 4.69) is 37.2 Å². The molecule has 0 unspecified atom stereocenters. The van der Waals surface area contributed by atoms with Crippen molar-refractivity contribution < 1.29 is 19.2 Å². The van der Waals surface area contributed by atoms with E-state index in [-0.39, 0.29) is 12.1 Å². The average Bonchev–Trinajstić information content (AvgIpc) is 3.01. The second-order valence-electron chi connectivity index (χ2n) is 4.56. The van der Waals surface area contributed by atoms with Gasteiger partial charge in [0.05, 0.1) is 17.0 Å². The second-order valence-corrected chi connectivity index (χ2v) is 7.05. The Hall–Kier alpha value is -1.78. The molecule has 0 saturated carbocycles. The molecule has 0 aliphatic heterocycles. The molecule has 24 heavy (non-hydrogen) atoms. The van der Waals surface area contributed by atoms with Crippen LogP contribution in [0.4, 0.5) is 11.4 Å². The Morgan fingerprint density at radius 1 is 1.29 bits per heavy atom. The number of carbonyl (C=O) groups is 2. The first-order chi connectivity index (χ1) is 11.4. The molecule has 0 radical (unpaired) electrons. The number of non-ortho nitro benzene ring substituents is 1. The maximum atomic E-state index is 11.9. The molecule has 2 aromatic rings. The molecule has 10 heteroatoms. The van der Waals surface area contributed by atoms with E-state index < -0.39 is 23.4 Å². The van der Waals surface area contributed by atoms with E-state index >= 15 is 0 Å². The van der Waals surface area contributed by atoms with Gasteiger partial charge in [-0.15, -0.1) is 0 Å². The normalized spacial score (nSPS) is 10.2. The monoisotopic (exact) mass is 476 g/mol. The molecule has 1 aromatic carbocycles. The van der Waals surface area contributed by atoms with Crippen LogP contribution in [0.25, 0.3) is 0 Å². The Labute approximate surface area is 157 Å². The largest absolute Gasteiger partial charge is 0.455 e. The van der Waals surface area contributed by atoms with Gasteiger partial charge >= 0.3 is 5.97 Å². The summed E-state index contributed by atoms with van der Waals surface area (Å²) in [6.45, 7) is -0.446. The Balaban J connectivity index is 1.92. The molecular formula is C14H10Br2N2O5S. The number of hydrogen-bond acceptors (Lipinski definition) is 6. The number of anilines is 1. The van der Waals surface area contributed by atoms with Crippen molar-refractivity contribution in [3.8, 4) is 0 Å². The first kappa shape index (κ1) is 18.6. The van der Waals surface area contributed by atoms with Crippen LogP contribution in [-0.4, -0.2) is 23.4 Å². The van der Waals surface area contributed by atoms with Gasteiger partial charge in [-0.2, -0.15) is 11.3 Å². The van der Waals surface area contributed by atoms with Crippen LogP contribution in [0.5, 0.6) is 0 Å². The highest BCUT2D eigenvalue weighted by atomic mass is 79.9. The van der Waals surface area contributed by atoms with Crippen molar-refractivity contribution in [2.75, 3.05) is 11.9 Å². The van der Waals surface area contributed by atoms with Crippen LogP contribution in [0, 0.1) is 10.1 Å². The fourth-order valence-corrected chi connectivity index (χ4v) is 3.75. The quantitative estimate of drug-likeness (QED) is 0.386. The number of ether oxygens (including phenoxy) is 1. The molecule has 0 atom stereocenters. The molecular weight excluding hydrogens is 468 g/mol. The van der Waals surface area contributed by atoms with Gasteiger partial charge in [0.2, 0.25) is 0 Å². The van der Waals surface area contributed by atoms with E-state index in [4.69, 9.17) is 4.74 Å². The first-order valence-corrected chi connectivity index (χ1v) is 8.99. The summed E-state index contributed by atoms with van der Waals surface area (Å²) in [4.78, 5) is 33.7. The van der Waals surface area contributed by atoms with Crippen LogP contribution >= 0.6 is 43.2 Å². The summed E-state index contributed by atoms with van der Waals surface area (Å²) in [6.07, 6.45) is 0.0989. The molecule has 0 fully saturated rings. The zero-order valence-electron chi connectivity index (χ0n) is 12.0. The highest BCUT2D eigenvalue weighted by Crippen LogP contribution is 2.35. The lowest BCUT2D eigenvalue weighted by Gasteiger charge is -2.10. The third-order valence-electron chi connectivity index (χ3n) is 2.79. The molecule has 126 valence electrons. The highest BCUT2D eigenvalue weighted by Gasteiger charge is 2.16. The van der Waals surface area contributed by atoms with Gasteiger partial charge in [-0.05, 0) is 54.2 Å². The van der Waals surface area contributed by atoms with Crippen LogP contribution < -0.4 is 5.32 Å². The average molecular weight is 478 g/mol. The second kappa shape index (κ2) is 8.36. The number of carbonyl (C=O) groups excluding carboxylic acids is 2. The highest BCUT2D eigenvalue weighted by molar-refractivity contribution is 9.11. The van der Waals surface area contributed by atoms with Crippen molar-refractivity contribution in [1.29, 1.82) is 0 Å². The number of esters is 1. The number of amides is 1. The molecule has 1 amide bonds. The van der Waals surface area contributed by atoms with Gasteiger partial charge < -0.3 is 10.1 Å². The third-order valence-corrected chi connectivity index (χ3v) is 4.78. The van der Waals surface area contributed by atoms with E-state index in [9.17, 15) is 19.7 Å². The Morgan fingerprint density at radius 2 is 1.96 bits per heavy atom. The molecule has 0 spiro atoms. The molecule has 7 nitrogen and oxygen atoms in total. The number of nitro groups is 1. The van der Waals surface area contributed by atoms with E-state index in [0.717, 1.165) is 5.56 Å². The van der Waals surface area contributed by atoms with Crippen molar-refractivity contribution in [3.63, 3.8) is 0 Å². The minimum absolute atomic E-state index is 0.0989. The summed E-state index contributed by atoms with van der Waals surface area (Å²) < 4.78 is 5.58. The summed E-state index contributed by atoms with van der Waals surface area (Å²) in [5.74, 6) is -1.06. The lowest BCUT2D eigenvalue weighted by Crippen LogP contribution is -2.22. The predicted octanol–water partition coefficient (Wildman–Crippen LogP) is 3.91. The fourth-order valence-electron chi connectivity index (χ4n) is 1.72. The summed E-state index contributed by atoms with van der Waals surface area (Å²) in [6, 6.07) is 4.34. The van der Waals surface area contributed by atoms with Crippen molar-refractivity contribution in [2.45, 2.75) is 6.42 Å². The van der Waals surface area contributed by atoms with Gasteiger partial charge in [-0.3, -0.25) is 19.7 Å².